The van der Waals surface area contributed by atoms with Gasteiger partial charge in [-0.2, -0.15) is 0 Å². The maximum atomic E-state index is 8.58. The van der Waals surface area contributed by atoms with Crippen LogP contribution in [0.15, 0.2) is 12.1 Å². The smallest absolute Gasteiger partial charge is 0.104 e. The third kappa shape index (κ3) is 4.36. The quantitative estimate of drug-likeness (QED) is 0.817. The molecule has 88 valence electrons. The molecular weight excluding hydrogens is 220 g/mol. The number of hydrogen-bond donors (Lipinski definition) is 1. The second-order valence-electron chi connectivity index (χ2n) is 4.13. The Kier molecular flexibility index (Phi) is 5.01. The molecule has 0 bridgehead atoms. The van der Waals surface area contributed by atoms with Crippen molar-refractivity contribution in [1.29, 1.82) is 0 Å². The lowest BCUT2D eigenvalue weighted by atomic mass is 10.1. The highest BCUT2D eigenvalue weighted by atomic mass is 32.1. The molecule has 1 rings (SSSR count). The van der Waals surface area contributed by atoms with Gasteiger partial charge < -0.3 is 9.84 Å². The first-order valence-electron chi connectivity index (χ1n) is 5.40. The monoisotopic (exact) mass is 238 g/mol. The summed E-state index contributed by atoms with van der Waals surface area (Å²) in [5, 5.41) is 8.58. The van der Waals surface area contributed by atoms with Gasteiger partial charge in [-0.25, -0.2) is 0 Å². The van der Waals surface area contributed by atoms with Crippen molar-refractivity contribution in [2.24, 2.45) is 0 Å². The van der Waals surface area contributed by atoms with Gasteiger partial charge in [-0.05, 0) is 32.4 Å². The van der Waals surface area contributed by atoms with Crippen LogP contribution >= 0.6 is 11.3 Å². The van der Waals surface area contributed by atoms with Crippen LogP contribution in [-0.4, -0.2) is 17.3 Å². The van der Waals surface area contributed by atoms with Gasteiger partial charge in [-0.3, -0.25) is 0 Å². The van der Waals surface area contributed by atoms with Gasteiger partial charge in [0.25, 0.3) is 0 Å². The van der Waals surface area contributed by atoms with Crippen molar-refractivity contribution < 1.29 is 9.84 Å². The van der Waals surface area contributed by atoms with E-state index in [0.29, 0.717) is 6.61 Å². The van der Waals surface area contributed by atoms with Crippen molar-refractivity contribution in [2.75, 3.05) is 6.61 Å². The molecule has 0 fully saturated rings. The van der Waals surface area contributed by atoms with Crippen molar-refractivity contribution in [3.05, 3.63) is 21.9 Å². The zero-order chi connectivity index (χ0) is 12.0. The molecule has 0 saturated carbocycles. The second kappa shape index (κ2) is 6.05. The Balaban J connectivity index is 2.53. The topological polar surface area (TPSA) is 29.5 Å². The number of aliphatic hydroxyl groups is 1. The van der Waals surface area contributed by atoms with E-state index in [0.717, 1.165) is 11.3 Å². The van der Waals surface area contributed by atoms with Gasteiger partial charge in [0, 0.05) is 4.88 Å². The first kappa shape index (κ1) is 13.2. The van der Waals surface area contributed by atoms with Crippen LogP contribution in [-0.2, 0) is 11.3 Å². The van der Waals surface area contributed by atoms with E-state index in [1.165, 1.54) is 4.88 Å². The Morgan fingerprint density at radius 1 is 1.44 bits per heavy atom. The van der Waals surface area contributed by atoms with E-state index in [9.17, 15) is 0 Å². The molecule has 1 aromatic heterocycles. The largest absolute Gasteiger partial charge is 0.384 e. The maximum Gasteiger partial charge on any atom is 0.104 e. The molecule has 0 radical (unpaired) electrons. The number of aliphatic hydroxyl groups excluding tert-OH is 1. The van der Waals surface area contributed by atoms with Crippen LogP contribution < -0.4 is 0 Å². The van der Waals surface area contributed by atoms with Crippen LogP contribution in [0.2, 0.25) is 0 Å². The van der Waals surface area contributed by atoms with Gasteiger partial charge in [-0.1, -0.05) is 18.8 Å². The highest BCUT2D eigenvalue weighted by Gasteiger charge is 2.15. The highest BCUT2D eigenvalue weighted by Crippen LogP contribution is 2.21. The van der Waals surface area contributed by atoms with Crippen molar-refractivity contribution in [1.82, 2.24) is 0 Å². The van der Waals surface area contributed by atoms with Gasteiger partial charge in [0.15, 0.2) is 0 Å². The lowest BCUT2D eigenvalue weighted by molar-refractivity contribution is -0.0304. The number of rotatable bonds is 4. The molecule has 0 saturated heterocycles. The molecule has 0 aliphatic rings. The molecule has 0 atom stereocenters. The Morgan fingerprint density at radius 3 is 2.81 bits per heavy atom. The molecule has 0 amide bonds. The van der Waals surface area contributed by atoms with Crippen molar-refractivity contribution >= 4 is 11.3 Å². The molecule has 0 aliphatic carbocycles. The minimum absolute atomic E-state index is 0.0685. The first-order chi connectivity index (χ1) is 7.57. The summed E-state index contributed by atoms with van der Waals surface area (Å²) in [7, 11) is 0. The van der Waals surface area contributed by atoms with E-state index in [-0.39, 0.29) is 12.2 Å². The minimum atomic E-state index is -0.0907. The Bertz CT molecular complexity index is 382. The maximum absolute atomic E-state index is 8.58. The van der Waals surface area contributed by atoms with Gasteiger partial charge in [-0.15, -0.1) is 11.3 Å². The SMILES string of the molecule is CCC(C)(C)OCc1ccc(C#CCO)s1. The van der Waals surface area contributed by atoms with E-state index in [4.69, 9.17) is 9.84 Å². The molecule has 1 aromatic rings. The van der Waals surface area contributed by atoms with E-state index >= 15 is 0 Å². The molecule has 0 aromatic carbocycles. The molecule has 1 N–H and O–H groups in total. The molecule has 0 unspecified atom stereocenters. The van der Waals surface area contributed by atoms with E-state index in [2.05, 4.69) is 32.6 Å². The van der Waals surface area contributed by atoms with Crippen molar-refractivity contribution in [2.45, 2.75) is 39.4 Å². The predicted octanol–water partition coefficient (Wildman–Crippen LogP) is 2.80. The number of hydrogen-bond acceptors (Lipinski definition) is 3. The highest BCUT2D eigenvalue weighted by molar-refractivity contribution is 7.12. The fourth-order valence-corrected chi connectivity index (χ4v) is 1.81. The summed E-state index contributed by atoms with van der Waals surface area (Å²) in [5.41, 5.74) is -0.0685. The molecule has 16 heavy (non-hydrogen) atoms. The van der Waals surface area contributed by atoms with Gasteiger partial charge >= 0.3 is 0 Å². The van der Waals surface area contributed by atoms with Crippen LogP contribution in [0, 0.1) is 11.8 Å². The lowest BCUT2D eigenvalue weighted by Crippen LogP contribution is -2.22. The summed E-state index contributed by atoms with van der Waals surface area (Å²) in [6.45, 7) is 6.84. The fraction of sp³-hybridized carbons (Fsp3) is 0.538. The van der Waals surface area contributed by atoms with Crippen LogP contribution in [0.3, 0.4) is 0 Å². The molecule has 0 aliphatic heterocycles. The van der Waals surface area contributed by atoms with Crippen LogP contribution in [0.25, 0.3) is 0 Å². The summed E-state index contributed by atoms with van der Waals surface area (Å²) >= 11 is 1.61. The Hall–Kier alpha value is -0.820. The third-order valence-corrected chi connectivity index (χ3v) is 3.38. The van der Waals surface area contributed by atoms with E-state index in [1.54, 1.807) is 11.3 Å². The van der Waals surface area contributed by atoms with Crippen molar-refractivity contribution in [3.63, 3.8) is 0 Å². The molecule has 3 heteroatoms. The van der Waals surface area contributed by atoms with Crippen LogP contribution in [0.1, 0.15) is 36.9 Å². The summed E-state index contributed by atoms with van der Waals surface area (Å²) in [5.74, 6) is 5.53. The minimum Gasteiger partial charge on any atom is -0.384 e. The number of ether oxygens (including phenoxy) is 1. The average molecular weight is 238 g/mol. The summed E-state index contributed by atoms with van der Waals surface area (Å²) in [6, 6.07) is 3.99. The molecule has 1 heterocycles. The first-order valence-corrected chi connectivity index (χ1v) is 6.21. The lowest BCUT2D eigenvalue weighted by Gasteiger charge is -2.22. The van der Waals surface area contributed by atoms with E-state index in [1.807, 2.05) is 12.1 Å². The zero-order valence-electron chi connectivity index (χ0n) is 10.0. The van der Waals surface area contributed by atoms with Crippen LogP contribution in [0.5, 0.6) is 0 Å². The Morgan fingerprint density at radius 2 is 2.19 bits per heavy atom. The van der Waals surface area contributed by atoms with Gasteiger partial charge in [0.1, 0.15) is 6.61 Å². The number of thiophene rings is 1. The molecule has 0 spiro atoms. The molecular formula is C13H18O2S. The predicted molar refractivity (Wildman–Crippen MR) is 67.4 cm³/mol. The third-order valence-electron chi connectivity index (χ3n) is 2.41. The Labute approximate surface area is 101 Å². The fourth-order valence-electron chi connectivity index (χ4n) is 1.02. The van der Waals surface area contributed by atoms with Crippen molar-refractivity contribution in [3.8, 4) is 11.8 Å². The summed E-state index contributed by atoms with van der Waals surface area (Å²) in [6.07, 6.45) is 0.996. The summed E-state index contributed by atoms with van der Waals surface area (Å²) < 4.78 is 5.80. The normalized spacial score (nSPS) is 11.0. The average Bonchev–Trinajstić information content (AvgIpc) is 2.72. The standard InChI is InChI=1S/C13H18O2S/c1-4-13(2,3)15-10-12-8-7-11(16-12)6-5-9-14/h7-8,14H,4,9-10H2,1-3H3. The molecule has 2 nitrogen and oxygen atoms in total. The van der Waals surface area contributed by atoms with Gasteiger partial charge in [0.2, 0.25) is 0 Å². The zero-order valence-corrected chi connectivity index (χ0v) is 10.9. The van der Waals surface area contributed by atoms with Crippen LogP contribution in [0.4, 0.5) is 0 Å². The summed E-state index contributed by atoms with van der Waals surface area (Å²) in [4.78, 5) is 2.14. The second-order valence-corrected chi connectivity index (χ2v) is 5.30. The van der Waals surface area contributed by atoms with E-state index < -0.39 is 0 Å². The van der Waals surface area contributed by atoms with Gasteiger partial charge in [0.05, 0.1) is 17.1 Å².